The molecule has 0 saturated heterocycles. The van der Waals surface area contributed by atoms with Crippen LogP contribution in [0.3, 0.4) is 0 Å². The van der Waals surface area contributed by atoms with E-state index in [1.54, 1.807) is 20.8 Å². The molecule has 0 radical (unpaired) electrons. The van der Waals surface area contributed by atoms with Gasteiger partial charge in [0.15, 0.2) is 0 Å². The van der Waals surface area contributed by atoms with Crippen molar-refractivity contribution in [1.29, 1.82) is 0 Å². The van der Waals surface area contributed by atoms with E-state index in [0.29, 0.717) is 4.68 Å². The molecule has 0 aliphatic carbocycles. The summed E-state index contributed by atoms with van der Waals surface area (Å²) in [7, 11) is 0. The maximum atomic E-state index is 13.1. The van der Waals surface area contributed by atoms with Gasteiger partial charge < -0.3 is 14.8 Å². The van der Waals surface area contributed by atoms with Crippen molar-refractivity contribution in [3.05, 3.63) is 33.5 Å². The number of nitrogens with zero attached hydrogens (tertiary/aromatic N) is 2. The second-order valence-electron chi connectivity index (χ2n) is 6.81. The number of carbonyl (C=O) groups excluding carboxylic acids is 3. The Balaban J connectivity index is 2.37. The van der Waals surface area contributed by atoms with E-state index in [2.05, 4.69) is 10.4 Å². The summed E-state index contributed by atoms with van der Waals surface area (Å²) < 4.78 is 50.1. The van der Waals surface area contributed by atoms with Gasteiger partial charge in [0.05, 0.1) is 24.0 Å². The van der Waals surface area contributed by atoms with Gasteiger partial charge in [-0.15, -0.1) is 11.3 Å². The summed E-state index contributed by atoms with van der Waals surface area (Å²) in [6.07, 6.45) is -5.16. The molecule has 2 aromatic rings. The number of aromatic nitrogens is 2. The van der Waals surface area contributed by atoms with Crippen LogP contribution < -0.4 is 5.32 Å². The number of hydrogen-bond donors (Lipinski definition) is 1. The molecular formula is C19H22F3N3O5S. The number of halogens is 3. The van der Waals surface area contributed by atoms with E-state index in [0.717, 1.165) is 17.4 Å². The lowest BCUT2D eigenvalue weighted by Crippen LogP contribution is -2.24. The van der Waals surface area contributed by atoms with Crippen molar-refractivity contribution < 1.29 is 37.0 Å². The Kier molecular flexibility index (Phi) is 7.47. The summed E-state index contributed by atoms with van der Waals surface area (Å²) in [5, 5.41) is 6.09. The van der Waals surface area contributed by atoms with Crippen molar-refractivity contribution in [3.8, 4) is 0 Å². The number of aryl methyl sites for hydroxylation is 1. The normalized spacial score (nSPS) is 11.5. The molecule has 0 saturated carbocycles. The van der Waals surface area contributed by atoms with Crippen LogP contribution >= 0.6 is 11.3 Å². The second kappa shape index (κ2) is 9.50. The third-order valence-electron chi connectivity index (χ3n) is 3.89. The number of nitrogens with one attached hydrogen (secondary N) is 1. The third-order valence-corrected chi connectivity index (χ3v) is 5.08. The van der Waals surface area contributed by atoms with Crippen molar-refractivity contribution in [3.63, 3.8) is 0 Å². The molecule has 0 spiro atoms. The summed E-state index contributed by atoms with van der Waals surface area (Å²) in [5.74, 6) is -2.32. The van der Waals surface area contributed by atoms with Gasteiger partial charge in [-0.2, -0.15) is 18.3 Å². The van der Waals surface area contributed by atoms with Crippen LogP contribution in [-0.4, -0.2) is 40.3 Å². The molecule has 2 rings (SSSR count). The van der Waals surface area contributed by atoms with E-state index < -0.39 is 42.4 Å². The van der Waals surface area contributed by atoms with Crippen molar-refractivity contribution in [2.45, 2.75) is 53.4 Å². The predicted octanol–water partition coefficient (Wildman–Crippen LogP) is 3.96. The quantitative estimate of drug-likeness (QED) is 0.627. The van der Waals surface area contributed by atoms with E-state index >= 15 is 0 Å². The van der Waals surface area contributed by atoms with Gasteiger partial charge in [-0.3, -0.25) is 9.48 Å². The van der Waals surface area contributed by atoms with Crippen LogP contribution in [0.5, 0.6) is 0 Å². The Hall–Kier alpha value is -2.89. The highest BCUT2D eigenvalue weighted by Crippen LogP contribution is 2.35. The number of hydrogen-bond acceptors (Lipinski definition) is 7. The van der Waals surface area contributed by atoms with Crippen molar-refractivity contribution >= 4 is 34.2 Å². The van der Waals surface area contributed by atoms with Crippen LogP contribution in [0.25, 0.3) is 0 Å². The van der Waals surface area contributed by atoms with Gasteiger partial charge in [-0.1, -0.05) is 0 Å². The van der Waals surface area contributed by atoms with Crippen LogP contribution in [0.1, 0.15) is 57.8 Å². The number of amides is 1. The zero-order valence-electron chi connectivity index (χ0n) is 17.5. The lowest BCUT2D eigenvalue weighted by Gasteiger charge is -2.12. The zero-order valence-corrected chi connectivity index (χ0v) is 18.4. The van der Waals surface area contributed by atoms with Crippen LogP contribution in [0.15, 0.2) is 6.07 Å². The van der Waals surface area contributed by atoms with Gasteiger partial charge in [0, 0.05) is 0 Å². The van der Waals surface area contributed by atoms with E-state index in [1.807, 2.05) is 0 Å². The van der Waals surface area contributed by atoms with E-state index in [1.165, 1.54) is 13.8 Å². The molecule has 12 heteroatoms. The number of alkyl halides is 3. The largest absolute Gasteiger partial charge is 0.462 e. The van der Waals surface area contributed by atoms with Crippen molar-refractivity contribution in [1.82, 2.24) is 9.78 Å². The maximum Gasteiger partial charge on any atom is 0.433 e. The van der Waals surface area contributed by atoms with E-state index in [-0.39, 0.29) is 33.3 Å². The maximum absolute atomic E-state index is 13.1. The SMILES string of the molecule is CCOC(=O)c1sc(NC(=O)Cn2nc(C)cc2C(F)(F)F)c(C(=O)OC(C)C)c1C. The number of carbonyl (C=O) groups is 3. The molecule has 8 nitrogen and oxygen atoms in total. The molecule has 2 aromatic heterocycles. The summed E-state index contributed by atoms with van der Waals surface area (Å²) >= 11 is 0.784. The minimum atomic E-state index is -4.69. The second-order valence-corrected chi connectivity index (χ2v) is 7.83. The van der Waals surface area contributed by atoms with Crippen LogP contribution in [0.2, 0.25) is 0 Å². The van der Waals surface area contributed by atoms with Gasteiger partial charge in [0.25, 0.3) is 0 Å². The van der Waals surface area contributed by atoms with Crippen molar-refractivity contribution in [2.75, 3.05) is 11.9 Å². The highest BCUT2D eigenvalue weighted by molar-refractivity contribution is 7.18. The zero-order chi connectivity index (χ0) is 23.5. The molecule has 1 N–H and O–H groups in total. The van der Waals surface area contributed by atoms with Gasteiger partial charge in [-0.05, 0) is 46.2 Å². The average Bonchev–Trinajstić information content (AvgIpc) is 3.14. The number of anilines is 1. The molecule has 0 aliphatic heterocycles. The molecule has 1 amide bonds. The molecule has 0 unspecified atom stereocenters. The number of thiophene rings is 1. The minimum absolute atomic E-state index is 0.0198. The minimum Gasteiger partial charge on any atom is -0.462 e. The first-order valence-electron chi connectivity index (χ1n) is 9.28. The number of rotatable bonds is 7. The summed E-state index contributed by atoms with van der Waals surface area (Å²) in [6, 6.07) is 0.826. The third kappa shape index (κ3) is 5.84. The predicted molar refractivity (Wildman–Crippen MR) is 106 cm³/mol. The topological polar surface area (TPSA) is 99.5 Å². The fourth-order valence-electron chi connectivity index (χ4n) is 2.71. The van der Waals surface area contributed by atoms with Crippen molar-refractivity contribution in [2.24, 2.45) is 0 Å². The monoisotopic (exact) mass is 461 g/mol. The molecule has 170 valence electrons. The fourth-order valence-corrected chi connectivity index (χ4v) is 3.81. The number of ether oxygens (including phenoxy) is 2. The van der Waals surface area contributed by atoms with E-state index in [9.17, 15) is 27.6 Å². The average molecular weight is 461 g/mol. The summed E-state index contributed by atoms with van der Waals surface area (Å²) in [4.78, 5) is 37.3. The highest BCUT2D eigenvalue weighted by atomic mass is 32.1. The Labute approximate surface area is 180 Å². The van der Waals surface area contributed by atoms with E-state index in [4.69, 9.17) is 9.47 Å². The first-order chi connectivity index (χ1) is 14.3. The molecule has 0 fully saturated rings. The first kappa shape index (κ1) is 24.4. The lowest BCUT2D eigenvalue weighted by atomic mass is 10.1. The molecule has 0 atom stereocenters. The van der Waals surface area contributed by atoms with Crippen LogP contribution in [-0.2, 0) is 27.0 Å². The van der Waals surface area contributed by atoms with Crippen LogP contribution in [0, 0.1) is 13.8 Å². The molecule has 0 aromatic carbocycles. The van der Waals surface area contributed by atoms with Gasteiger partial charge in [0.1, 0.15) is 22.1 Å². The molecular weight excluding hydrogens is 439 g/mol. The molecule has 2 heterocycles. The van der Waals surface area contributed by atoms with Gasteiger partial charge in [0.2, 0.25) is 5.91 Å². The highest BCUT2D eigenvalue weighted by Gasteiger charge is 2.36. The Bertz CT molecular complexity index is 995. The molecule has 31 heavy (non-hydrogen) atoms. The Morgan fingerprint density at radius 3 is 2.42 bits per heavy atom. The van der Waals surface area contributed by atoms with Gasteiger partial charge >= 0.3 is 18.1 Å². The number of esters is 2. The molecule has 0 bridgehead atoms. The summed E-state index contributed by atoms with van der Waals surface area (Å²) in [5.41, 5.74) is -0.787. The Morgan fingerprint density at radius 1 is 1.23 bits per heavy atom. The van der Waals surface area contributed by atoms with Crippen LogP contribution in [0.4, 0.5) is 18.2 Å². The fraction of sp³-hybridized carbons (Fsp3) is 0.474. The smallest absolute Gasteiger partial charge is 0.433 e. The summed E-state index contributed by atoms with van der Waals surface area (Å²) in [6.45, 7) is 7.09. The Morgan fingerprint density at radius 2 is 1.87 bits per heavy atom. The van der Waals surface area contributed by atoms with Gasteiger partial charge in [-0.25, -0.2) is 9.59 Å². The molecule has 0 aliphatic rings. The standard InChI is InChI=1S/C19H22F3N3O5S/c1-6-29-18(28)15-11(5)14(17(27)30-9(2)3)16(31-15)23-13(26)8-25-12(19(20,21)22)7-10(4)24-25/h7,9H,6,8H2,1-5H3,(H,23,26). The lowest BCUT2D eigenvalue weighted by molar-refractivity contribution is -0.144. The first-order valence-corrected chi connectivity index (χ1v) is 10.1.